The molecule has 198 valence electrons. The standard InChI is InChI=1S/C34H21N5S.Pt/c1-38-19-18-35-33(38)29-13-7-12-27(36-29)22-8-6-9-24(20-22)39-30-14-4-2-10-25(30)26-17-16-23(21-31(26)39)34-37-28-11-3-5-15-32(28)40-34;/h2-19H,1H3;/q-2;+2. The maximum Gasteiger partial charge on any atom is 2.00 e. The number of aromatic nitrogens is 5. The topological polar surface area (TPSA) is 48.5 Å². The van der Waals surface area contributed by atoms with E-state index in [2.05, 4.69) is 94.5 Å². The van der Waals surface area contributed by atoms with Crippen LogP contribution in [0.1, 0.15) is 0 Å². The maximum absolute atomic E-state index is 4.93. The normalized spacial score (nSPS) is 11.3. The molecule has 41 heavy (non-hydrogen) atoms. The van der Waals surface area contributed by atoms with Gasteiger partial charge in [0, 0.05) is 34.7 Å². The van der Waals surface area contributed by atoms with Gasteiger partial charge >= 0.3 is 21.1 Å². The number of hydrogen-bond donors (Lipinski definition) is 0. The van der Waals surface area contributed by atoms with Crippen molar-refractivity contribution in [3.05, 3.63) is 122 Å². The molecule has 4 aromatic carbocycles. The summed E-state index contributed by atoms with van der Waals surface area (Å²) in [4.78, 5) is 14.3. The zero-order valence-corrected chi connectivity index (χ0v) is 24.9. The molecule has 0 N–H and O–H groups in total. The number of thiazole rings is 1. The van der Waals surface area contributed by atoms with E-state index in [1.165, 1.54) is 10.1 Å². The molecule has 0 aliphatic rings. The first kappa shape index (κ1) is 25.6. The van der Waals surface area contributed by atoms with E-state index in [9.17, 15) is 0 Å². The predicted octanol–water partition coefficient (Wildman–Crippen LogP) is 8.12. The fourth-order valence-corrected chi connectivity index (χ4v) is 6.26. The van der Waals surface area contributed by atoms with Crippen LogP contribution in [-0.4, -0.2) is 24.1 Å². The number of aryl methyl sites for hydroxylation is 1. The molecule has 0 fully saturated rings. The molecule has 4 aromatic heterocycles. The van der Waals surface area contributed by atoms with Crippen LogP contribution in [0.4, 0.5) is 0 Å². The van der Waals surface area contributed by atoms with Crippen LogP contribution in [0.25, 0.3) is 71.1 Å². The number of para-hydroxylation sites is 2. The Bertz CT molecular complexity index is 2170. The molecule has 4 heterocycles. The average molecular weight is 727 g/mol. The number of imidazole rings is 1. The van der Waals surface area contributed by atoms with Gasteiger partial charge in [0.1, 0.15) is 0 Å². The number of benzene rings is 4. The van der Waals surface area contributed by atoms with Gasteiger partial charge in [-0.3, -0.25) is 9.97 Å². The number of nitrogens with zero attached hydrogens (tertiary/aromatic N) is 5. The van der Waals surface area contributed by atoms with Gasteiger partial charge in [-0.05, 0) is 46.5 Å². The van der Waals surface area contributed by atoms with Crippen molar-refractivity contribution in [3.63, 3.8) is 0 Å². The number of pyridine rings is 1. The molecule has 0 aliphatic heterocycles. The fourth-order valence-electron chi connectivity index (χ4n) is 5.31. The third-order valence-corrected chi connectivity index (χ3v) is 8.27. The summed E-state index contributed by atoms with van der Waals surface area (Å²) in [6.45, 7) is 0. The van der Waals surface area contributed by atoms with E-state index in [4.69, 9.17) is 9.97 Å². The van der Waals surface area contributed by atoms with E-state index < -0.39 is 0 Å². The maximum atomic E-state index is 4.93. The molecule has 5 nitrogen and oxygen atoms in total. The zero-order chi connectivity index (χ0) is 26.6. The monoisotopic (exact) mass is 726 g/mol. The molecular formula is C34H21N5PtS. The summed E-state index contributed by atoms with van der Waals surface area (Å²) in [6, 6.07) is 40.7. The van der Waals surface area contributed by atoms with Crippen LogP contribution in [0.5, 0.6) is 0 Å². The summed E-state index contributed by atoms with van der Waals surface area (Å²) in [5.74, 6) is 0.831. The molecule has 8 rings (SSSR count). The Hall–Kier alpha value is -4.38. The molecule has 0 spiro atoms. The summed E-state index contributed by atoms with van der Waals surface area (Å²) in [7, 11) is 1.98. The Morgan fingerprint density at radius 1 is 0.707 bits per heavy atom. The van der Waals surface area contributed by atoms with E-state index in [0.29, 0.717) is 0 Å². The van der Waals surface area contributed by atoms with Gasteiger partial charge in [0.25, 0.3) is 0 Å². The molecule has 7 heteroatoms. The van der Waals surface area contributed by atoms with Crippen LogP contribution in [0.2, 0.25) is 0 Å². The second-order valence-corrected chi connectivity index (χ2v) is 10.7. The van der Waals surface area contributed by atoms with Crippen molar-refractivity contribution >= 4 is 43.4 Å². The van der Waals surface area contributed by atoms with Crippen molar-refractivity contribution in [3.8, 4) is 39.0 Å². The minimum atomic E-state index is 0. The first-order valence-electron chi connectivity index (χ1n) is 13.0. The third kappa shape index (κ3) is 4.31. The fraction of sp³-hybridized carbons (Fsp3) is 0.0294. The molecule has 0 saturated heterocycles. The van der Waals surface area contributed by atoms with Gasteiger partial charge in [-0.1, -0.05) is 47.9 Å². The number of fused-ring (bicyclic) bond motifs is 4. The van der Waals surface area contributed by atoms with E-state index in [0.717, 1.165) is 61.0 Å². The van der Waals surface area contributed by atoms with Gasteiger partial charge < -0.3 is 9.13 Å². The van der Waals surface area contributed by atoms with Crippen LogP contribution in [0, 0.1) is 12.1 Å². The Balaban J connectivity index is 0.00000276. The first-order chi connectivity index (χ1) is 19.7. The van der Waals surface area contributed by atoms with Crippen molar-refractivity contribution in [2.24, 2.45) is 7.05 Å². The smallest absolute Gasteiger partial charge is 0.346 e. The van der Waals surface area contributed by atoms with Gasteiger partial charge in [-0.15, -0.1) is 53.6 Å². The summed E-state index contributed by atoms with van der Waals surface area (Å²) in [5, 5.41) is 3.29. The minimum absolute atomic E-state index is 0. The van der Waals surface area contributed by atoms with Crippen molar-refractivity contribution in [2.45, 2.75) is 0 Å². The molecule has 0 bridgehead atoms. The zero-order valence-electron chi connectivity index (χ0n) is 21.9. The average Bonchev–Trinajstić information content (AvgIpc) is 3.72. The van der Waals surface area contributed by atoms with Gasteiger partial charge in [0.15, 0.2) is 5.82 Å². The van der Waals surface area contributed by atoms with Gasteiger partial charge in [0.2, 0.25) is 0 Å². The third-order valence-electron chi connectivity index (χ3n) is 7.20. The molecule has 0 aliphatic carbocycles. The van der Waals surface area contributed by atoms with Crippen LogP contribution in [-0.2, 0) is 28.1 Å². The Morgan fingerprint density at radius 3 is 2.41 bits per heavy atom. The minimum Gasteiger partial charge on any atom is -0.346 e. The largest absolute Gasteiger partial charge is 2.00 e. The summed E-state index contributed by atoms with van der Waals surface area (Å²) >= 11 is 1.69. The Kier molecular flexibility index (Phi) is 6.38. The molecule has 8 aromatic rings. The number of rotatable bonds is 4. The van der Waals surface area contributed by atoms with E-state index >= 15 is 0 Å². The predicted molar refractivity (Wildman–Crippen MR) is 162 cm³/mol. The van der Waals surface area contributed by atoms with Crippen molar-refractivity contribution in [2.75, 3.05) is 0 Å². The van der Waals surface area contributed by atoms with E-state index in [1.807, 2.05) is 42.1 Å². The number of hydrogen-bond acceptors (Lipinski definition) is 4. The van der Waals surface area contributed by atoms with Crippen molar-refractivity contribution < 1.29 is 21.1 Å². The van der Waals surface area contributed by atoms with Crippen LogP contribution < -0.4 is 0 Å². The van der Waals surface area contributed by atoms with Crippen LogP contribution in [0.3, 0.4) is 0 Å². The first-order valence-corrected chi connectivity index (χ1v) is 13.8. The second-order valence-electron chi connectivity index (χ2n) is 9.69. The summed E-state index contributed by atoms with van der Waals surface area (Å²) in [6.07, 6.45) is 3.72. The quantitative estimate of drug-likeness (QED) is 0.172. The van der Waals surface area contributed by atoms with Crippen LogP contribution in [0.15, 0.2) is 109 Å². The SMILES string of the molecule is Cn1ccnc1-c1cccc(-c2[c-]c(-n3c4[c-]c(-c5nc6ccccc6s5)ccc4c4ccccc43)ccc2)n1.[Pt+2]. The van der Waals surface area contributed by atoms with E-state index in [-0.39, 0.29) is 21.1 Å². The van der Waals surface area contributed by atoms with E-state index in [1.54, 1.807) is 17.5 Å². The van der Waals surface area contributed by atoms with Crippen LogP contribution >= 0.6 is 11.3 Å². The van der Waals surface area contributed by atoms with Gasteiger partial charge in [-0.2, -0.15) is 11.3 Å². The molecule has 0 radical (unpaired) electrons. The molecular weight excluding hydrogens is 706 g/mol. The Labute approximate surface area is 255 Å². The van der Waals surface area contributed by atoms with Crippen molar-refractivity contribution in [1.29, 1.82) is 0 Å². The van der Waals surface area contributed by atoms with Crippen molar-refractivity contribution in [1.82, 2.24) is 24.1 Å². The Morgan fingerprint density at radius 2 is 1.54 bits per heavy atom. The molecule has 0 saturated carbocycles. The van der Waals surface area contributed by atoms with Gasteiger partial charge in [0.05, 0.1) is 11.2 Å². The molecule has 0 atom stereocenters. The summed E-state index contributed by atoms with van der Waals surface area (Å²) in [5.41, 5.74) is 7.64. The second kappa shape index (κ2) is 10.2. The molecule has 0 amide bonds. The summed E-state index contributed by atoms with van der Waals surface area (Å²) < 4.78 is 5.39. The van der Waals surface area contributed by atoms with Gasteiger partial charge in [-0.25, -0.2) is 4.98 Å². The molecule has 0 unspecified atom stereocenters.